The van der Waals surface area contributed by atoms with Crippen molar-refractivity contribution in [3.05, 3.63) is 29.3 Å². The minimum Gasteiger partial charge on any atom is -0.494 e. The fraction of sp³-hybridized carbons (Fsp3) is 0.222. The van der Waals surface area contributed by atoms with Gasteiger partial charge in [0, 0.05) is 5.56 Å². The molecule has 4 nitrogen and oxygen atoms in total. The van der Waals surface area contributed by atoms with Crippen molar-refractivity contribution in [2.24, 2.45) is 5.73 Å². The molecule has 1 atom stereocenters. The van der Waals surface area contributed by atoms with Crippen molar-refractivity contribution in [3.63, 3.8) is 0 Å². The maximum atomic E-state index is 13.3. The molecule has 0 saturated carbocycles. The zero-order valence-corrected chi connectivity index (χ0v) is 7.83. The second kappa shape index (κ2) is 4.22. The normalized spacial score (nSPS) is 12.3. The highest BCUT2D eigenvalue weighted by Gasteiger charge is 2.22. The number of aliphatic carboxylic acids is 1. The predicted octanol–water partition coefficient (Wildman–Crippen LogP) is 1.06. The second-order valence-corrected chi connectivity index (χ2v) is 2.80. The molecular weight excluding hydrogens is 208 g/mol. The van der Waals surface area contributed by atoms with E-state index in [1.54, 1.807) is 0 Å². The van der Waals surface area contributed by atoms with Gasteiger partial charge in [-0.25, -0.2) is 4.39 Å². The first-order chi connectivity index (χ1) is 6.99. The van der Waals surface area contributed by atoms with Crippen molar-refractivity contribution in [2.75, 3.05) is 7.11 Å². The van der Waals surface area contributed by atoms with Gasteiger partial charge in [0.05, 0.1) is 7.11 Å². The first-order valence-corrected chi connectivity index (χ1v) is 3.99. The van der Waals surface area contributed by atoms with Crippen LogP contribution in [0.3, 0.4) is 0 Å². The van der Waals surface area contributed by atoms with E-state index in [1.807, 2.05) is 0 Å². The van der Waals surface area contributed by atoms with E-state index in [9.17, 15) is 13.6 Å². The lowest BCUT2D eigenvalue weighted by Crippen LogP contribution is -2.22. The summed E-state index contributed by atoms with van der Waals surface area (Å²) in [6.07, 6.45) is 0. The Bertz CT molecular complexity index is 395. The number of methoxy groups -OCH3 is 1. The summed E-state index contributed by atoms with van der Waals surface area (Å²) in [6.45, 7) is 0. The highest BCUT2D eigenvalue weighted by atomic mass is 19.2. The van der Waals surface area contributed by atoms with Crippen LogP contribution >= 0.6 is 0 Å². The molecule has 0 radical (unpaired) electrons. The summed E-state index contributed by atoms with van der Waals surface area (Å²) < 4.78 is 30.9. The Labute approximate surface area is 84.3 Å². The Hall–Kier alpha value is -1.69. The molecule has 0 heterocycles. The van der Waals surface area contributed by atoms with Gasteiger partial charge < -0.3 is 15.6 Å². The minimum absolute atomic E-state index is 0.297. The summed E-state index contributed by atoms with van der Waals surface area (Å²) in [7, 11) is 1.18. The summed E-state index contributed by atoms with van der Waals surface area (Å²) in [4.78, 5) is 10.5. The molecule has 0 amide bonds. The van der Waals surface area contributed by atoms with Crippen molar-refractivity contribution in [3.8, 4) is 5.75 Å². The van der Waals surface area contributed by atoms with E-state index in [2.05, 4.69) is 4.74 Å². The van der Waals surface area contributed by atoms with Gasteiger partial charge in [0.1, 0.15) is 6.04 Å². The zero-order valence-electron chi connectivity index (χ0n) is 7.83. The quantitative estimate of drug-likeness (QED) is 0.793. The number of hydrogen-bond acceptors (Lipinski definition) is 3. The van der Waals surface area contributed by atoms with Crippen LogP contribution in [0, 0.1) is 11.6 Å². The fourth-order valence-electron chi connectivity index (χ4n) is 1.08. The number of rotatable bonds is 3. The van der Waals surface area contributed by atoms with Crippen LogP contribution in [0.2, 0.25) is 0 Å². The molecule has 1 aromatic rings. The first kappa shape index (κ1) is 11.4. The molecule has 0 aliphatic heterocycles. The molecule has 0 aliphatic carbocycles. The third-order valence-electron chi connectivity index (χ3n) is 1.90. The third kappa shape index (κ3) is 2.04. The number of ether oxygens (including phenoxy) is 1. The van der Waals surface area contributed by atoms with Gasteiger partial charge >= 0.3 is 5.97 Å². The van der Waals surface area contributed by atoms with Crippen LogP contribution in [0.1, 0.15) is 11.6 Å². The summed E-state index contributed by atoms with van der Waals surface area (Å²) in [6, 6.07) is 0.609. The lowest BCUT2D eigenvalue weighted by Gasteiger charge is -2.10. The van der Waals surface area contributed by atoms with Crippen LogP contribution in [0.15, 0.2) is 12.1 Å². The minimum atomic E-state index is -1.59. The number of carboxylic acid groups (broad SMARTS) is 1. The molecule has 0 aliphatic rings. The van der Waals surface area contributed by atoms with E-state index in [-0.39, 0.29) is 5.75 Å². The molecule has 0 saturated heterocycles. The molecule has 1 unspecified atom stereocenters. The number of carbonyl (C=O) groups is 1. The van der Waals surface area contributed by atoms with Crippen LogP contribution in [0.4, 0.5) is 8.78 Å². The van der Waals surface area contributed by atoms with Gasteiger partial charge in [0.15, 0.2) is 11.6 Å². The van der Waals surface area contributed by atoms with E-state index >= 15 is 0 Å². The average Bonchev–Trinajstić information content (AvgIpc) is 2.21. The summed E-state index contributed by atoms with van der Waals surface area (Å²) in [5.74, 6) is -4.27. The van der Waals surface area contributed by atoms with E-state index in [0.29, 0.717) is 0 Å². The van der Waals surface area contributed by atoms with Gasteiger partial charge in [-0.1, -0.05) is 6.07 Å². The van der Waals surface area contributed by atoms with Crippen molar-refractivity contribution < 1.29 is 23.4 Å². The maximum absolute atomic E-state index is 13.3. The SMILES string of the molecule is COc1ccc(C(N)C(=O)O)c(F)c1F. The molecular formula is C9H9F2NO3. The highest BCUT2D eigenvalue weighted by molar-refractivity contribution is 5.75. The lowest BCUT2D eigenvalue weighted by molar-refractivity contribution is -0.138. The third-order valence-corrected chi connectivity index (χ3v) is 1.90. The standard InChI is InChI=1S/C9H9F2NO3/c1-15-5-3-2-4(6(10)7(5)11)8(12)9(13)14/h2-3,8H,12H2,1H3,(H,13,14). The topological polar surface area (TPSA) is 72.5 Å². The van der Waals surface area contributed by atoms with Crippen molar-refractivity contribution >= 4 is 5.97 Å². The Morgan fingerprint density at radius 3 is 2.53 bits per heavy atom. The van der Waals surface area contributed by atoms with E-state index < -0.39 is 29.2 Å². The fourth-order valence-corrected chi connectivity index (χ4v) is 1.08. The van der Waals surface area contributed by atoms with Gasteiger partial charge in [0.2, 0.25) is 5.82 Å². The smallest absolute Gasteiger partial charge is 0.325 e. The summed E-state index contributed by atoms with van der Waals surface area (Å²) in [5, 5.41) is 8.53. The van der Waals surface area contributed by atoms with E-state index in [0.717, 1.165) is 12.1 Å². The Kier molecular flexibility index (Phi) is 3.21. The Balaban J connectivity index is 3.23. The Morgan fingerprint density at radius 2 is 2.07 bits per heavy atom. The zero-order chi connectivity index (χ0) is 11.6. The molecule has 0 spiro atoms. The molecule has 0 aromatic heterocycles. The van der Waals surface area contributed by atoms with Gasteiger partial charge in [-0.05, 0) is 6.07 Å². The van der Waals surface area contributed by atoms with Crippen molar-refractivity contribution in [1.29, 1.82) is 0 Å². The molecule has 15 heavy (non-hydrogen) atoms. The van der Waals surface area contributed by atoms with Gasteiger partial charge in [-0.15, -0.1) is 0 Å². The first-order valence-electron chi connectivity index (χ1n) is 3.99. The number of carboxylic acids is 1. The molecule has 1 rings (SSSR count). The summed E-state index contributed by atoms with van der Waals surface area (Å²) >= 11 is 0. The molecule has 3 N–H and O–H groups in total. The molecule has 82 valence electrons. The molecule has 1 aromatic carbocycles. The molecule has 6 heteroatoms. The molecule has 0 bridgehead atoms. The number of benzene rings is 1. The largest absolute Gasteiger partial charge is 0.494 e. The summed E-state index contributed by atoms with van der Waals surface area (Å²) in [5.41, 5.74) is 4.74. The van der Waals surface area contributed by atoms with E-state index in [4.69, 9.17) is 10.8 Å². The second-order valence-electron chi connectivity index (χ2n) is 2.80. The van der Waals surface area contributed by atoms with Gasteiger partial charge in [0.25, 0.3) is 0 Å². The average molecular weight is 217 g/mol. The van der Waals surface area contributed by atoms with Crippen LogP contribution in [0.25, 0.3) is 0 Å². The maximum Gasteiger partial charge on any atom is 0.325 e. The number of hydrogen-bond donors (Lipinski definition) is 2. The van der Waals surface area contributed by atoms with Crippen LogP contribution < -0.4 is 10.5 Å². The van der Waals surface area contributed by atoms with Gasteiger partial charge in [-0.3, -0.25) is 4.79 Å². The monoisotopic (exact) mass is 217 g/mol. The van der Waals surface area contributed by atoms with E-state index in [1.165, 1.54) is 7.11 Å². The predicted molar refractivity (Wildman–Crippen MR) is 47.5 cm³/mol. The highest BCUT2D eigenvalue weighted by Crippen LogP contribution is 2.25. The van der Waals surface area contributed by atoms with Gasteiger partial charge in [-0.2, -0.15) is 4.39 Å². The number of nitrogens with two attached hydrogens (primary N) is 1. The van der Waals surface area contributed by atoms with Crippen molar-refractivity contribution in [2.45, 2.75) is 6.04 Å². The lowest BCUT2D eigenvalue weighted by atomic mass is 10.1. The number of halogens is 2. The van der Waals surface area contributed by atoms with Crippen LogP contribution in [-0.4, -0.2) is 18.2 Å². The van der Waals surface area contributed by atoms with Crippen LogP contribution in [0.5, 0.6) is 5.75 Å². The van der Waals surface area contributed by atoms with Crippen LogP contribution in [-0.2, 0) is 4.79 Å². The molecule has 0 fully saturated rings. The van der Waals surface area contributed by atoms with Crippen molar-refractivity contribution in [1.82, 2.24) is 0 Å². The Morgan fingerprint density at radius 1 is 1.47 bits per heavy atom.